The summed E-state index contributed by atoms with van der Waals surface area (Å²) in [5.74, 6) is -0.0799. The van der Waals surface area contributed by atoms with Crippen LogP contribution in [0.25, 0.3) is 0 Å². The summed E-state index contributed by atoms with van der Waals surface area (Å²) >= 11 is 0. The first-order valence-electron chi connectivity index (χ1n) is 5.41. The number of para-hydroxylation sites is 1. The Labute approximate surface area is 94.2 Å². The van der Waals surface area contributed by atoms with Gasteiger partial charge in [-0.3, -0.25) is 4.79 Å². The number of hydrogen-bond acceptors (Lipinski definition) is 3. The minimum Gasteiger partial charge on any atom is -0.394 e. The van der Waals surface area contributed by atoms with E-state index >= 15 is 0 Å². The summed E-state index contributed by atoms with van der Waals surface area (Å²) in [5, 5.41) is 11.4. The molecule has 1 aromatic carbocycles. The molecule has 2 rings (SSSR count). The highest BCUT2D eigenvalue weighted by atomic mass is 16.5. The molecule has 0 radical (unpaired) electrons. The lowest BCUT2D eigenvalue weighted by atomic mass is 9.98. The number of anilines is 1. The molecule has 4 nitrogen and oxygen atoms in total. The summed E-state index contributed by atoms with van der Waals surface area (Å²) in [6, 6.07) is 7.70. The Morgan fingerprint density at radius 3 is 2.94 bits per heavy atom. The van der Waals surface area contributed by atoms with Crippen molar-refractivity contribution in [2.75, 3.05) is 25.1 Å². The summed E-state index contributed by atoms with van der Waals surface area (Å²) in [6.45, 7) is 0.844. The van der Waals surface area contributed by atoms with E-state index in [1.807, 2.05) is 24.3 Å². The van der Waals surface area contributed by atoms with Gasteiger partial charge >= 0.3 is 0 Å². The van der Waals surface area contributed by atoms with E-state index in [4.69, 9.17) is 9.84 Å². The number of ether oxygens (including phenoxy) is 1. The molecule has 0 spiro atoms. The molecule has 0 bridgehead atoms. The van der Waals surface area contributed by atoms with Crippen LogP contribution in [0.4, 0.5) is 5.69 Å². The lowest BCUT2D eigenvalue weighted by Gasteiger charge is -2.08. The smallest absolute Gasteiger partial charge is 0.232 e. The molecular weight excluding hydrogens is 206 g/mol. The van der Waals surface area contributed by atoms with Crippen LogP contribution in [-0.2, 0) is 9.53 Å². The third-order valence-corrected chi connectivity index (χ3v) is 2.70. The number of amides is 1. The van der Waals surface area contributed by atoms with Gasteiger partial charge in [-0.15, -0.1) is 0 Å². The number of benzene rings is 1. The lowest BCUT2D eigenvalue weighted by Crippen LogP contribution is -2.14. The molecular formula is C12H15NO3. The maximum Gasteiger partial charge on any atom is 0.232 e. The summed E-state index contributed by atoms with van der Waals surface area (Å²) in [5.41, 5.74) is 1.94. The van der Waals surface area contributed by atoms with Gasteiger partial charge in [0.05, 0.1) is 19.1 Å². The molecule has 0 aliphatic carbocycles. The number of nitrogens with one attached hydrogen (secondary N) is 1. The van der Waals surface area contributed by atoms with Crippen molar-refractivity contribution in [2.24, 2.45) is 0 Å². The number of carbonyl (C=O) groups excluding carboxylic acids is 1. The van der Waals surface area contributed by atoms with Crippen molar-refractivity contribution < 1.29 is 14.6 Å². The van der Waals surface area contributed by atoms with Crippen molar-refractivity contribution in [3.63, 3.8) is 0 Å². The number of hydrogen-bond donors (Lipinski definition) is 2. The molecule has 1 aliphatic heterocycles. The van der Waals surface area contributed by atoms with Crippen LogP contribution < -0.4 is 5.32 Å². The molecule has 0 fully saturated rings. The maximum atomic E-state index is 11.7. The number of carbonyl (C=O) groups is 1. The van der Waals surface area contributed by atoms with Crippen LogP contribution in [0, 0.1) is 0 Å². The SMILES string of the molecule is O=C1Nc2ccccc2C1CCOCCO. The second-order valence-corrected chi connectivity index (χ2v) is 3.75. The van der Waals surface area contributed by atoms with E-state index in [1.165, 1.54) is 0 Å². The average Bonchev–Trinajstić information content (AvgIpc) is 2.61. The van der Waals surface area contributed by atoms with Crippen LogP contribution in [0.2, 0.25) is 0 Å². The van der Waals surface area contributed by atoms with Crippen molar-refractivity contribution in [1.82, 2.24) is 0 Å². The highest BCUT2D eigenvalue weighted by Gasteiger charge is 2.29. The average molecular weight is 221 g/mol. The summed E-state index contributed by atoms with van der Waals surface area (Å²) < 4.78 is 5.18. The summed E-state index contributed by atoms with van der Waals surface area (Å²) in [4.78, 5) is 11.7. The van der Waals surface area contributed by atoms with E-state index in [-0.39, 0.29) is 18.4 Å². The first-order chi connectivity index (χ1) is 7.83. The van der Waals surface area contributed by atoms with E-state index < -0.39 is 0 Å². The molecule has 86 valence electrons. The van der Waals surface area contributed by atoms with E-state index in [0.717, 1.165) is 11.3 Å². The Kier molecular flexibility index (Phi) is 3.54. The van der Waals surface area contributed by atoms with Gasteiger partial charge in [0, 0.05) is 12.3 Å². The Bertz CT molecular complexity index is 378. The lowest BCUT2D eigenvalue weighted by molar-refractivity contribution is -0.117. The van der Waals surface area contributed by atoms with Crippen molar-refractivity contribution in [3.05, 3.63) is 29.8 Å². The highest BCUT2D eigenvalue weighted by Crippen LogP contribution is 2.34. The van der Waals surface area contributed by atoms with Crippen LogP contribution in [-0.4, -0.2) is 30.8 Å². The molecule has 1 heterocycles. The fraction of sp³-hybridized carbons (Fsp3) is 0.417. The molecule has 0 saturated heterocycles. The van der Waals surface area contributed by atoms with Crippen LogP contribution in [0.1, 0.15) is 17.9 Å². The van der Waals surface area contributed by atoms with Gasteiger partial charge in [0.1, 0.15) is 0 Å². The predicted octanol–water partition coefficient (Wildman–Crippen LogP) is 1.12. The topological polar surface area (TPSA) is 58.6 Å². The van der Waals surface area contributed by atoms with Crippen molar-refractivity contribution in [2.45, 2.75) is 12.3 Å². The first kappa shape index (κ1) is 11.1. The van der Waals surface area contributed by atoms with E-state index in [1.54, 1.807) is 0 Å². The first-order valence-corrected chi connectivity index (χ1v) is 5.41. The predicted molar refractivity (Wildman–Crippen MR) is 60.3 cm³/mol. The van der Waals surface area contributed by atoms with E-state index in [2.05, 4.69) is 5.32 Å². The van der Waals surface area contributed by atoms with Crippen LogP contribution in [0.3, 0.4) is 0 Å². The molecule has 4 heteroatoms. The van der Waals surface area contributed by atoms with Crippen LogP contribution in [0.15, 0.2) is 24.3 Å². The van der Waals surface area contributed by atoms with Crippen molar-refractivity contribution >= 4 is 11.6 Å². The standard InChI is InChI=1S/C12H15NO3/c14-6-8-16-7-5-10-9-3-1-2-4-11(9)13-12(10)15/h1-4,10,14H,5-8H2,(H,13,15). The summed E-state index contributed by atoms with van der Waals surface area (Å²) in [7, 11) is 0. The Morgan fingerprint density at radius 2 is 2.12 bits per heavy atom. The molecule has 1 unspecified atom stereocenters. The van der Waals surface area contributed by atoms with Gasteiger partial charge in [-0.05, 0) is 18.1 Å². The van der Waals surface area contributed by atoms with Crippen molar-refractivity contribution in [1.29, 1.82) is 0 Å². The fourth-order valence-electron chi connectivity index (χ4n) is 1.93. The number of rotatable bonds is 5. The Hall–Kier alpha value is -1.39. The van der Waals surface area contributed by atoms with Gasteiger partial charge in [0.25, 0.3) is 0 Å². The normalized spacial score (nSPS) is 18.3. The molecule has 1 aliphatic rings. The van der Waals surface area contributed by atoms with E-state index in [0.29, 0.717) is 19.6 Å². The monoisotopic (exact) mass is 221 g/mol. The molecule has 1 aromatic rings. The molecule has 0 saturated carbocycles. The number of aliphatic hydroxyl groups is 1. The van der Waals surface area contributed by atoms with Gasteiger partial charge < -0.3 is 15.2 Å². The van der Waals surface area contributed by atoms with Crippen molar-refractivity contribution in [3.8, 4) is 0 Å². The Balaban J connectivity index is 1.97. The van der Waals surface area contributed by atoms with E-state index in [9.17, 15) is 4.79 Å². The zero-order valence-electron chi connectivity index (χ0n) is 8.98. The van der Waals surface area contributed by atoms with Gasteiger partial charge in [0.2, 0.25) is 5.91 Å². The maximum absolute atomic E-state index is 11.7. The zero-order chi connectivity index (χ0) is 11.4. The minimum absolute atomic E-state index is 0.0213. The minimum atomic E-state index is -0.116. The third kappa shape index (κ3) is 2.23. The Morgan fingerprint density at radius 1 is 1.31 bits per heavy atom. The molecule has 2 N–H and O–H groups in total. The molecule has 0 aromatic heterocycles. The summed E-state index contributed by atoms with van der Waals surface area (Å²) in [6.07, 6.45) is 0.656. The highest BCUT2D eigenvalue weighted by molar-refractivity contribution is 6.02. The molecule has 1 atom stereocenters. The number of fused-ring (bicyclic) bond motifs is 1. The largest absolute Gasteiger partial charge is 0.394 e. The second-order valence-electron chi connectivity index (χ2n) is 3.75. The van der Waals surface area contributed by atoms with Crippen LogP contribution >= 0.6 is 0 Å². The molecule has 16 heavy (non-hydrogen) atoms. The van der Waals surface area contributed by atoms with Gasteiger partial charge in [-0.1, -0.05) is 18.2 Å². The third-order valence-electron chi connectivity index (χ3n) is 2.70. The zero-order valence-corrected chi connectivity index (χ0v) is 8.98. The van der Waals surface area contributed by atoms with Gasteiger partial charge in [-0.2, -0.15) is 0 Å². The quantitative estimate of drug-likeness (QED) is 0.732. The fourth-order valence-corrected chi connectivity index (χ4v) is 1.93. The second kappa shape index (κ2) is 5.09. The molecule has 1 amide bonds. The van der Waals surface area contributed by atoms with Crippen LogP contribution in [0.5, 0.6) is 0 Å². The van der Waals surface area contributed by atoms with Gasteiger partial charge in [-0.25, -0.2) is 0 Å². The number of aliphatic hydroxyl groups excluding tert-OH is 1. The van der Waals surface area contributed by atoms with Gasteiger partial charge in [0.15, 0.2) is 0 Å².